The van der Waals surface area contributed by atoms with Crippen molar-refractivity contribution in [3.63, 3.8) is 0 Å². The number of aromatic nitrogens is 3. The van der Waals surface area contributed by atoms with Gasteiger partial charge in [0.15, 0.2) is 0 Å². The minimum Gasteiger partial charge on any atom is -0.481 e. The second kappa shape index (κ2) is 5.47. The summed E-state index contributed by atoms with van der Waals surface area (Å²) in [6.07, 6.45) is 0.241. The zero-order chi connectivity index (χ0) is 14.7. The van der Waals surface area contributed by atoms with Crippen molar-refractivity contribution in [1.29, 1.82) is 0 Å². The van der Waals surface area contributed by atoms with Gasteiger partial charge in [-0.2, -0.15) is 0 Å². The molecule has 1 aromatic heterocycles. The van der Waals surface area contributed by atoms with E-state index < -0.39 is 10.9 Å². The van der Waals surface area contributed by atoms with Crippen LogP contribution in [0.2, 0.25) is 0 Å². The molecule has 2 aromatic rings. The molecule has 0 saturated heterocycles. The molecule has 0 amide bonds. The molecule has 0 fully saturated rings. The Bertz CT molecular complexity index is 665. The minimum absolute atomic E-state index is 0.0333. The number of carboxylic acid groups (broad SMARTS) is 1. The normalized spacial score (nSPS) is 10.4. The predicted octanol–water partition coefficient (Wildman–Crippen LogP) is 1.50. The van der Waals surface area contributed by atoms with Crippen molar-refractivity contribution in [1.82, 2.24) is 15.0 Å². The first kappa shape index (κ1) is 13.7. The molecule has 8 nitrogen and oxygen atoms in total. The van der Waals surface area contributed by atoms with Crippen molar-refractivity contribution in [2.24, 2.45) is 0 Å². The molecule has 0 aliphatic carbocycles. The summed E-state index contributed by atoms with van der Waals surface area (Å²) in [6, 6.07) is 6.02. The lowest BCUT2D eigenvalue weighted by Gasteiger charge is -2.03. The lowest BCUT2D eigenvalue weighted by molar-refractivity contribution is -0.384. The number of aliphatic carboxylic acids is 1. The fourth-order valence-corrected chi connectivity index (χ4v) is 1.80. The van der Waals surface area contributed by atoms with Crippen LogP contribution in [-0.4, -0.2) is 31.0 Å². The van der Waals surface area contributed by atoms with E-state index in [1.807, 2.05) is 0 Å². The van der Waals surface area contributed by atoms with Crippen molar-refractivity contribution < 1.29 is 14.8 Å². The third-order valence-corrected chi connectivity index (χ3v) is 2.85. The Labute approximate surface area is 113 Å². The SMILES string of the molecule is Cc1c(CCC(=O)O)nnn1-c1cccc([N+](=O)[O-])c1. The number of aryl methyl sites for hydroxylation is 1. The molecule has 8 heteroatoms. The van der Waals surface area contributed by atoms with E-state index in [1.54, 1.807) is 19.1 Å². The van der Waals surface area contributed by atoms with Crippen molar-refractivity contribution in [2.45, 2.75) is 19.8 Å². The monoisotopic (exact) mass is 276 g/mol. The Hall–Kier alpha value is -2.77. The maximum Gasteiger partial charge on any atom is 0.303 e. The number of nitro benzene ring substituents is 1. The highest BCUT2D eigenvalue weighted by Gasteiger charge is 2.13. The molecule has 0 bridgehead atoms. The highest BCUT2D eigenvalue weighted by atomic mass is 16.6. The molecule has 0 aliphatic rings. The van der Waals surface area contributed by atoms with E-state index in [4.69, 9.17) is 5.11 Å². The summed E-state index contributed by atoms with van der Waals surface area (Å²) in [5.41, 5.74) is 1.72. The Kier molecular flexibility index (Phi) is 3.74. The number of carbonyl (C=O) groups is 1. The van der Waals surface area contributed by atoms with Gasteiger partial charge in [-0.1, -0.05) is 11.3 Å². The molecule has 1 heterocycles. The lowest BCUT2D eigenvalue weighted by Crippen LogP contribution is -2.02. The number of carboxylic acids is 1. The quantitative estimate of drug-likeness (QED) is 0.654. The summed E-state index contributed by atoms with van der Waals surface area (Å²) >= 11 is 0. The van der Waals surface area contributed by atoms with Crippen LogP contribution in [-0.2, 0) is 11.2 Å². The number of rotatable bonds is 5. The number of hydrogen-bond donors (Lipinski definition) is 1. The van der Waals surface area contributed by atoms with Gasteiger partial charge in [0, 0.05) is 18.6 Å². The van der Waals surface area contributed by atoms with Crippen LogP contribution >= 0.6 is 0 Å². The Morgan fingerprint density at radius 3 is 2.90 bits per heavy atom. The molecule has 104 valence electrons. The van der Waals surface area contributed by atoms with E-state index in [9.17, 15) is 14.9 Å². The molecule has 0 saturated carbocycles. The molecule has 1 N–H and O–H groups in total. The highest BCUT2D eigenvalue weighted by molar-refractivity contribution is 5.67. The largest absolute Gasteiger partial charge is 0.481 e. The molecular weight excluding hydrogens is 264 g/mol. The maximum absolute atomic E-state index is 10.7. The molecule has 1 aromatic carbocycles. The first-order valence-corrected chi connectivity index (χ1v) is 5.87. The first-order chi connectivity index (χ1) is 9.49. The van der Waals surface area contributed by atoms with Crippen LogP contribution in [0.1, 0.15) is 17.8 Å². The molecule has 2 rings (SSSR count). The average molecular weight is 276 g/mol. The molecule has 0 unspecified atom stereocenters. The van der Waals surface area contributed by atoms with Crippen LogP contribution < -0.4 is 0 Å². The number of non-ortho nitro benzene ring substituents is 1. The lowest BCUT2D eigenvalue weighted by atomic mass is 10.2. The minimum atomic E-state index is -0.908. The number of benzene rings is 1. The average Bonchev–Trinajstić information content (AvgIpc) is 2.78. The van der Waals surface area contributed by atoms with E-state index in [2.05, 4.69) is 10.3 Å². The van der Waals surface area contributed by atoms with Gasteiger partial charge >= 0.3 is 5.97 Å². The van der Waals surface area contributed by atoms with Gasteiger partial charge in [0.05, 0.1) is 28.4 Å². The second-order valence-corrected chi connectivity index (χ2v) is 4.20. The van der Waals surface area contributed by atoms with Crippen molar-refractivity contribution in [3.05, 3.63) is 45.8 Å². The van der Waals surface area contributed by atoms with E-state index in [0.29, 0.717) is 17.1 Å². The molecule has 20 heavy (non-hydrogen) atoms. The van der Waals surface area contributed by atoms with Crippen molar-refractivity contribution in [2.75, 3.05) is 0 Å². The van der Waals surface area contributed by atoms with Gasteiger partial charge in [-0.3, -0.25) is 14.9 Å². The summed E-state index contributed by atoms with van der Waals surface area (Å²) in [7, 11) is 0. The maximum atomic E-state index is 10.7. The Morgan fingerprint density at radius 1 is 1.50 bits per heavy atom. The summed E-state index contributed by atoms with van der Waals surface area (Å²) in [4.78, 5) is 20.8. The number of hydrogen-bond acceptors (Lipinski definition) is 5. The fraction of sp³-hybridized carbons (Fsp3) is 0.250. The number of nitro groups is 1. The van der Waals surface area contributed by atoms with Crippen molar-refractivity contribution in [3.8, 4) is 5.69 Å². The first-order valence-electron chi connectivity index (χ1n) is 5.87. The van der Waals surface area contributed by atoms with Gasteiger partial charge in [0.25, 0.3) is 5.69 Å². The summed E-state index contributed by atoms with van der Waals surface area (Å²) in [5, 5.41) is 27.2. The zero-order valence-electron chi connectivity index (χ0n) is 10.7. The van der Waals surface area contributed by atoms with Gasteiger partial charge in [-0.15, -0.1) is 5.10 Å². The fourth-order valence-electron chi connectivity index (χ4n) is 1.80. The van der Waals surface area contributed by atoms with Gasteiger partial charge in [-0.25, -0.2) is 4.68 Å². The molecule has 0 aliphatic heterocycles. The van der Waals surface area contributed by atoms with Crippen molar-refractivity contribution >= 4 is 11.7 Å². The molecular formula is C12H12N4O4. The van der Waals surface area contributed by atoms with Gasteiger partial charge < -0.3 is 5.11 Å². The van der Waals surface area contributed by atoms with E-state index in [1.165, 1.54) is 16.8 Å². The standard InChI is InChI=1S/C12H12N4O4/c1-8-11(5-6-12(17)18)13-14-15(8)9-3-2-4-10(7-9)16(19)20/h2-4,7H,5-6H2,1H3,(H,17,18). The Balaban J connectivity index is 2.31. The third kappa shape index (κ3) is 2.79. The highest BCUT2D eigenvalue weighted by Crippen LogP contribution is 2.18. The third-order valence-electron chi connectivity index (χ3n) is 2.85. The topological polar surface area (TPSA) is 111 Å². The summed E-state index contributed by atoms with van der Waals surface area (Å²) in [5.74, 6) is -0.908. The van der Waals surface area contributed by atoms with E-state index >= 15 is 0 Å². The van der Waals surface area contributed by atoms with Crippen LogP contribution in [0.5, 0.6) is 0 Å². The van der Waals surface area contributed by atoms with Gasteiger partial charge in [0.2, 0.25) is 0 Å². The number of nitrogens with zero attached hydrogens (tertiary/aromatic N) is 4. The smallest absolute Gasteiger partial charge is 0.303 e. The zero-order valence-corrected chi connectivity index (χ0v) is 10.7. The van der Waals surface area contributed by atoms with Crippen LogP contribution in [0, 0.1) is 17.0 Å². The van der Waals surface area contributed by atoms with E-state index in [-0.39, 0.29) is 18.5 Å². The Morgan fingerprint density at radius 2 is 2.25 bits per heavy atom. The van der Waals surface area contributed by atoms with Crippen LogP contribution in [0.25, 0.3) is 5.69 Å². The summed E-state index contributed by atoms with van der Waals surface area (Å²) in [6.45, 7) is 1.75. The van der Waals surface area contributed by atoms with Crippen LogP contribution in [0.15, 0.2) is 24.3 Å². The van der Waals surface area contributed by atoms with Crippen LogP contribution in [0.4, 0.5) is 5.69 Å². The molecule has 0 spiro atoms. The molecule has 0 radical (unpaired) electrons. The van der Waals surface area contributed by atoms with Gasteiger partial charge in [0.1, 0.15) is 0 Å². The van der Waals surface area contributed by atoms with E-state index in [0.717, 1.165) is 0 Å². The predicted molar refractivity (Wildman–Crippen MR) is 68.7 cm³/mol. The summed E-state index contributed by atoms with van der Waals surface area (Å²) < 4.78 is 1.46. The van der Waals surface area contributed by atoms with Gasteiger partial charge in [-0.05, 0) is 13.0 Å². The second-order valence-electron chi connectivity index (χ2n) is 4.20. The van der Waals surface area contributed by atoms with Crippen LogP contribution in [0.3, 0.4) is 0 Å². The molecule has 0 atom stereocenters.